The molecule has 0 aromatic heterocycles. The molecule has 0 spiro atoms. The van der Waals surface area contributed by atoms with Crippen molar-refractivity contribution >= 4 is 9.84 Å². The van der Waals surface area contributed by atoms with Crippen LogP contribution in [0.1, 0.15) is 46.0 Å². The summed E-state index contributed by atoms with van der Waals surface area (Å²) in [5.74, 6) is 0.847. The van der Waals surface area contributed by atoms with Gasteiger partial charge in [0.1, 0.15) is 9.84 Å². The van der Waals surface area contributed by atoms with Crippen LogP contribution in [0, 0.1) is 0 Å². The van der Waals surface area contributed by atoms with Crippen molar-refractivity contribution in [1.29, 1.82) is 0 Å². The molecule has 0 atom stereocenters. The van der Waals surface area contributed by atoms with Gasteiger partial charge in [-0.3, -0.25) is 0 Å². The Hall–Kier alpha value is -0.0900. The number of ether oxygens (including phenoxy) is 1. The van der Waals surface area contributed by atoms with E-state index >= 15 is 0 Å². The summed E-state index contributed by atoms with van der Waals surface area (Å²) in [7, 11) is -2.55. The fourth-order valence-corrected chi connectivity index (χ4v) is 3.31. The van der Waals surface area contributed by atoms with E-state index in [-0.39, 0.29) is 5.60 Å². The zero-order valence-corrected chi connectivity index (χ0v) is 10.6. The minimum atomic E-state index is -2.55. The largest absolute Gasteiger partial charge is 0.376 e. The van der Waals surface area contributed by atoms with Crippen molar-refractivity contribution in [1.82, 2.24) is 0 Å². The summed E-state index contributed by atoms with van der Waals surface area (Å²) in [6.45, 7) is 5.28. The Morgan fingerprint density at radius 1 is 1.00 bits per heavy atom. The van der Waals surface area contributed by atoms with Crippen LogP contribution in [0.5, 0.6) is 0 Å². The minimum Gasteiger partial charge on any atom is -0.376 e. The molecule has 0 radical (unpaired) electrons. The second-order valence-corrected chi connectivity index (χ2v) is 7.23. The Kier molecular flexibility index (Phi) is 4.59. The Bertz CT molecular complexity index is 260. The molecule has 2 aliphatic heterocycles. The molecule has 90 valence electrons. The fourth-order valence-electron chi connectivity index (χ4n) is 1.82. The highest BCUT2D eigenvalue weighted by Gasteiger charge is 2.20. The molecule has 2 saturated heterocycles. The molecule has 0 aromatic rings. The quantitative estimate of drug-likeness (QED) is 0.645. The SMILES string of the molecule is CC1(C)CCCCO1.O=S1(=O)CCCC1. The number of sulfone groups is 1. The third-order valence-corrected chi connectivity index (χ3v) is 4.65. The van der Waals surface area contributed by atoms with Crippen LogP contribution in [-0.4, -0.2) is 32.1 Å². The van der Waals surface area contributed by atoms with Gasteiger partial charge in [-0.2, -0.15) is 0 Å². The van der Waals surface area contributed by atoms with Gasteiger partial charge in [0, 0.05) is 6.61 Å². The average Bonchev–Trinajstić information content (AvgIpc) is 2.51. The van der Waals surface area contributed by atoms with E-state index in [9.17, 15) is 8.42 Å². The van der Waals surface area contributed by atoms with Gasteiger partial charge >= 0.3 is 0 Å². The van der Waals surface area contributed by atoms with Gasteiger partial charge in [0.25, 0.3) is 0 Å². The van der Waals surface area contributed by atoms with Gasteiger partial charge < -0.3 is 4.74 Å². The maximum Gasteiger partial charge on any atom is 0.150 e. The van der Waals surface area contributed by atoms with Crippen molar-refractivity contribution in [2.75, 3.05) is 18.1 Å². The van der Waals surface area contributed by atoms with Gasteiger partial charge in [0.05, 0.1) is 17.1 Å². The lowest BCUT2D eigenvalue weighted by Gasteiger charge is -2.29. The standard InChI is InChI=1S/C7H14O.C4H8O2S/c1-7(2)5-3-4-6-8-7;5-7(6)3-1-2-4-7/h3-6H2,1-2H3;1-4H2. The topological polar surface area (TPSA) is 43.4 Å². The van der Waals surface area contributed by atoms with Gasteiger partial charge in [-0.05, 0) is 46.0 Å². The molecule has 2 heterocycles. The predicted molar refractivity (Wildman–Crippen MR) is 61.8 cm³/mol. The van der Waals surface area contributed by atoms with Crippen molar-refractivity contribution in [3.8, 4) is 0 Å². The molecule has 0 N–H and O–H groups in total. The zero-order chi connectivity index (χ0) is 11.4. The third kappa shape index (κ3) is 5.52. The Labute approximate surface area is 93.1 Å². The van der Waals surface area contributed by atoms with Gasteiger partial charge in [0.2, 0.25) is 0 Å². The first-order chi connectivity index (χ1) is 6.91. The molecule has 0 amide bonds. The average molecular weight is 234 g/mol. The van der Waals surface area contributed by atoms with Crippen LogP contribution in [0.4, 0.5) is 0 Å². The first-order valence-electron chi connectivity index (χ1n) is 5.76. The van der Waals surface area contributed by atoms with E-state index in [0.717, 1.165) is 19.4 Å². The van der Waals surface area contributed by atoms with E-state index < -0.39 is 9.84 Å². The highest BCUT2D eigenvalue weighted by Crippen LogP contribution is 2.22. The van der Waals surface area contributed by atoms with E-state index in [0.29, 0.717) is 11.5 Å². The first-order valence-corrected chi connectivity index (χ1v) is 7.58. The van der Waals surface area contributed by atoms with Gasteiger partial charge in [-0.15, -0.1) is 0 Å². The monoisotopic (exact) mass is 234 g/mol. The summed E-state index contributed by atoms with van der Waals surface area (Å²) in [6.07, 6.45) is 5.58. The van der Waals surface area contributed by atoms with E-state index in [1.54, 1.807) is 0 Å². The van der Waals surface area contributed by atoms with Crippen molar-refractivity contribution in [2.24, 2.45) is 0 Å². The third-order valence-electron chi connectivity index (χ3n) is 2.83. The van der Waals surface area contributed by atoms with Gasteiger partial charge in [-0.25, -0.2) is 8.42 Å². The van der Waals surface area contributed by atoms with Crippen LogP contribution in [0.3, 0.4) is 0 Å². The van der Waals surface area contributed by atoms with E-state index in [1.807, 2.05) is 0 Å². The van der Waals surface area contributed by atoms with Crippen LogP contribution in [0.2, 0.25) is 0 Å². The molecule has 3 nitrogen and oxygen atoms in total. The van der Waals surface area contributed by atoms with Crippen LogP contribution in [0.15, 0.2) is 0 Å². The highest BCUT2D eigenvalue weighted by molar-refractivity contribution is 7.91. The molecule has 0 saturated carbocycles. The minimum absolute atomic E-state index is 0.179. The van der Waals surface area contributed by atoms with Crippen LogP contribution < -0.4 is 0 Å². The van der Waals surface area contributed by atoms with Crippen LogP contribution >= 0.6 is 0 Å². The maximum atomic E-state index is 10.4. The molecule has 4 heteroatoms. The summed E-state index contributed by atoms with van der Waals surface area (Å²) in [5, 5.41) is 0. The second kappa shape index (κ2) is 5.30. The molecule has 0 bridgehead atoms. The highest BCUT2D eigenvalue weighted by atomic mass is 32.2. The molecular formula is C11H22O3S. The molecule has 2 rings (SSSR count). The summed E-state index contributed by atoms with van der Waals surface area (Å²) in [5.41, 5.74) is 0.179. The smallest absolute Gasteiger partial charge is 0.150 e. The Morgan fingerprint density at radius 2 is 1.60 bits per heavy atom. The number of rotatable bonds is 0. The van der Waals surface area contributed by atoms with Gasteiger partial charge in [0.15, 0.2) is 0 Å². The first kappa shape index (κ1) is 13.0. The van der Waals surface area contributed by atoms with Crippen molar-refractivity contribution in [2.45, 2.75) is 51.6 Å². The molecule has 15 heavy (non-hydrogen) atoms. The molecule has 2 fully saturated rings. The van der Waals surface area contributed by atoms with Crippen molar-refractivity contribution in [3.63, 3.8) is 0 Å². The van der Waals surface area contributed by atoms with E-state index in [1.165, 1.54) is 19.3 Å². The predicted octanol–water partition coefficient (Wildman–Crippen LogP) is 2.16. The molecule has 0 aromatic carbocycles. The van der Waals surface area contributed by atoms with Crippen molar-refractivity contribution in [3.05, 3.63) is 0 Å². The van der Waals surface area contributed by atoms with Crippen LogP contribution in [0.25, 0.3) is 0 Å². The normalized spacial score (nSPS) is 27.9. The van der Waals surface area contributed by atoms with E-state index in [2.05, 4.69) is 13.8 Å². The van der Waals surface area contributed by atoms with E-state index in [4.69, 9.17) is 4.74 Å². The fraction of sp³-hybridized carbons (Fsp3) is 1.00. The number of hydrogen-bond acceptors (Lipinski definition) is 3. The van der Waals surface area contributed by atoms with Crippen LogP contribution in [-0.2, 0) is 14.6 Å². The molecule has 0 unspecified atom stereocenters. The number of hydrogen-bond donors (Lipinski definition) is 0. The lowest BCUT2D eigenvalue weighted by Crippen LogP contribution is -2.28. The second-order valence-electron chi connectivity index (χ2n) is 4.92. The molecule has 0 aliphatic carbocycles. The summed E-state index contributed by atoms with van der Waals surface area (Å²) in [6, 6.07) is 0. The molecule has 2 aliphatic rings. The summed E-state index contributed by atoms with van der Waals surface area (Å²) in [4.78, 5) is 0. The zero-order valence-electron chi connectivity index (χ0n) is 9.79. The summed E-state index contributed by atoms with van der Waals surface area (Å²) >= 11 is 0. The molecular weight excluding hydrogens is 212 g/mol. The lowest BCUT2D eigenvalue weighted by atomic mass is 9.99. The van der Waals surface area contributed by atoms with Crippen molar-refractivity contribution < 1.29 is 13.2 Å². The Morgan fingerprint density at radius 3 is 1.80 bits per heavy atom. The maximum absolute atomic E-state index is 10.4. The van der Waals surface area contributed by atoms with Gasteiger partial charge in [-0.1, -0.05) is 0 Å². The lowest BCUT2D eigenvalue weighted by molar-refractivity contribution is -0.0511. The summed E-state index contributed by atoms with van der Waals surface area (Å²) < 4.78 is 26.3. The Balaban J connectivity index is 0.000000151.